The highest BCUT2D eigenvalue weighted by Gasteiger charge is 2.03. The summed E-state index contributed by atoms with van der Waals surface area (Å²) in [6.07, 6.45) is 3.52. The van der Waals surface area contributed by atoms with Crippen LogP contribution >= 0.6 is 15.9 Å². The number of halogens is 3. The standard InChI is InChI=1S/C14H13BrF2N2O/c15-12-5-11(8-19-9-12)7-18-6-10-1-3-13(4-2-10)20-14(16)17/h1-5,8-9,14,18H,6-7H2. The molecule has 20 heavy (non-hydrogen) atoms. The second kappa shape index (κ2) is 7.31. The summed E-state index contributed by atoms with van der Waals surface area (Å²) in [5.41, 5.74) is 2.06. The van der Waals surface area contributed by atoms with Gasteiger partial charge in [-0.2, -0.15) is 8.78 Å². The van der Waals surface area contributed by atoms with Crippen molar-refractivity contribution in [3.05, 3.63) is 58.3 Å². The highest BCUT2D eigenvalue weighted by molar-refractivity contribution is 9.10. The molecule has 1 aromatic heterocycles. The quantitative estimate of drug-likeness (QED) is 0.868. The normalized spacial score (nSPS) is 10.8. The number of hydrogen-bond acceptors (Lipinski definition) is 3. The average Bonchev–Trinajstić information content (AvgIpc) is 2.40. The fraction of sp³-hybridized carbons (Fsp3) is 0.214. The molecule has 2 rings (SSSR count). The van der Waals surface area contributed by atoms with E-state index in [1.807, 2.05) is 6.07 Å². The summed E-state index contributed by atoms with van der Waals surface area (Å²) in [5, 5.41) is 3.26. The Kier molecular flexibility index (Phi) is 5.43. The molecule has 0 aliphatic heterocycles. The van der Waals surface area contributed by atoms with E-state index < -0.39 is 6.61 Å². The summed E-state index contributed by atoms with van der Waals surface area (Å²) in [7, 11) is 0. The van der Waals surface area contributed by atoms with Gasteiger partial charge in [0.2, 0.25) is 0 Å². The van der Waals surface area contributed by atoms with Crippen molar-refractivity contribution in [2.45, 2.75) is 19.7 Å². The van der Waals surface area contributed by atoms with Gasteiger partial charge in [0.15, 0.2) is 0 Å². The maximum absolute atomic E-state index is 12.0. The monoisotopic (exact) mass is 342 g/mol. The molecule has 0 saturated carbocycles. The summed E-state index contributed by atoms with van der Waals surface area (Å²) in [6.45, 7) is -1.47. The number of nitrogens with zero attached hydrogens (tertiary/aromatic N) is 1. The maximum Gasteiger partial charge on any atom is 0.387 e. The van der Waals surface area contributed by atoms with Crippen LogP contribution in [-0.4, -0.2) is 11.6 Å². The molecule has 1 heterocycles. The molecule has 1 aromatic carbocycles. The van der Waals surface area contributed by atoms with Gasteiger partial charge in [0.05, 0.1) is 0 Å². The van der Waals surface area contributed by atoms with Crippen LogP contribution < -0.4 is 10.1 Å². The van der Waals surface area contributed by atoms with Crippen LogP contribution in [0, 0.1) is 0 Å². The van der Waals surface area contributed by atoms with Crippen molar-refractivity contribution in [1.82, 2.24) is 10.3 Å². The van der Waals surface area contributed by atoms with E-state index in [9.17, 15) is 8.78 Å². The van der Waals surface area contributed by atoms with Gasteiger partial charge in [-0.3, -0.25) is 4.98 Å². The van der Waals surface area contributed by atoms with Crippen molar-refractivity contribution in [3.8, 4) is 5.75 Å². The Morgan fingerprint density at radius 3 is 2.45 bits per heavy atom. The molecule has 0 bridgehead atoms. The minimum Gasteiger partial charge on any atom is -0.435 e. The number of nitrogens with one attached hydrogen (secondary N) is 1. The fourth-order valence-corrected chi connectivity index (χ4v) is 2.10. The van der Waals surface area contributed by atoms with Crippen LogP contribution in [0.1, 0.15) is 11.1 Å². The molecule has 0 aliphatic rings. The number of pyridine rings is 1. The van der Waals surface area contributed by atoms with Gasteiger partial charge >= 0.3 is 6.61 Å². The molecule has 106 valence electrons. The summed E-state index contributed by atoms with van der Waals surface area (Å²) >= 11 is 3.36. The molecule has 0 fully saturated rings. The van der Waals surface area contributed by atoms with Gasteiger partial charge in [0.1, 0.15) is 5.75 Å². The minimum atomic E-state index is -2.79. The van der Waals surface area contributed by atoms with Crippen molar-refractivity contribution >= 4 is 15.9 Å². The Morgan fingerprint density at radius 1 is 1.10 bits per heavy atom. The van der Waals surface area contributed by atoms with Crippen molar-refractivity contribution in [1.29, 1.82) is 0 Å². The van der Waals surface area contributed by atoms with Crippen LogP contribution in [0.4, 0.5) is 8.78 Å². The van der Waals surface area contributed by atoms with E-state index in [1.54, 1.807) is 24.5 Å². The predicted molar refractivity (Wildman–Crippen MR) is 75.6 cm³/mol. The van der Waals surface area contributed by atoms with E-state index in [-0.39, 0.29) is 5.75 Å². The van der Waals surface area contributed by atoms with Crippen molar-refractivity contribution in [3.63, 3.8) is 0 Å². The molecule has 0 atom stereocenters. The molecule has 3 nitrogen and oxygen atoms in total. The summed E-state index contributed by atoms with van der Waals surface area (Å²) in [4.78, 5) is 4.07. The fourth-order valence-electron chi connectivity index (χ4n) is 1.69. The molecule has 0 aliphatic carbocycles. The molecule has 0 amide bonds. The number of alkyl halides is 2. The topological polar surface area (TPSA) is 34.1 Å². The molecular formula is C14H13BrF2N2O. The highest BCUT2D eigenvalue weighted by Crippen LogP contribution is 2.15. The van der Waals surface area contributed by atoms with Gasteiger partial charge in [-0.05, 0) is 45.3 Å². The first-order chi connectivity index (χ1) is 9.63. The molecule has 2 aromatic rings. The second-order valence-electron chi connectivity index (χ2n) is 4.14. The largest absolute Gasteiger partial charge is 0.435 e. The number of benzene rings is 1. The van der Waals surface area contributed by atoms with E-state index in [2.05, 4.69) is 31.0 Å². The average molecular weight is 343 g/mol. The van der Waals surface area contributed by atoms with Crippen LogP contribution in [0.25, 0.3) is 0 Å². The first kappa shape index (κ1) is 14.9. The number of ether oxygens (including phenoxy) is 1. The lowest BCUT2D eigenvalue weighted by molar-refractivity contribution is -0.0498. The Bertz CT molecular complexity index is 549. The summed E-state index contributed by atoms with van der Waals surface area (Å²) < 4.78 is 29.2. The van der Waals surface area contributed by atoms with Gasteiger partial charge < -0.3 is 10.1 Å². The molecule has 0 unspecified atom stereocenters. The number of rotatable bonds is 6. The number of aromatic nitrogens is 1. The Labute approximate surface area is 124 Å². The summed E-state index contributed by atoms with van der Waals surface area (Å²) in [5.74, 6) is 0.167. The lowest BCUT2D eigenvalue weighted by atomic mass is 10.2. The van der Waals surface area contributed by atoms with E-state index in [1.165, 1.54) is 12.1 Å². The highest BCUT2D eigenvalue weighted by atomic mass is 79.9. The Balaban J connectivity index is 1.82. The van der Waals surface area contributed by atoms with Crippen molar-refractivity contribution in [2.75, 3.05) is 0 Å². The lowest BCUT2D eigenvalue weighted by Crippen LogP contribution is -2.12. The zero-order valence-electron chi connectivity index (χ0n) is 10.5. The van der Waals surface area contributed by atoms with Gasteiger partial charge in [-0.1, -0.05) is 12.1 Å². The van der Waals surface area contributed by atoms with Gasteiger partial charge in [-0.25, -0.2) is 0 Å². The van der Waals surface area contributed by atoms with E-state index >= 15 is 0 Å². The third-order valence-corrected chi connectivity index (χ3v) is 3.00. The maximum atomic E-state index is 12.0. The Hall–Kier alpha value is -1.53. The Morgan fingerprint density at radius 2 is 1.80 bits per heavy atom. The van der Waals surface area contributed by atoms with Crippen molar-refractivity contribution < 1.29 is 13.5 Å². The molecule has 0 saturated heterocycles. The molecule has 6 heteroatoms. The van der Waals surface area contributed by atoms with Crippen LogP contribution in [-0.2, 0) is 13.1 Å². The van der Waals surface area contributed by atoms with Crippen LogP contribution in [0.15, 0.2) is 47.2 Å². The van der Waals surface area contributed by atoms with E-state index in [0.29, 0.717) is 13.1 Å². The number of hydrogen-bond donors (Lipinski definition) is 1. The van der Waals surface area contributed by atoms with Gasteiger partial charge in [0.25, 0.3) is 0 Å². The molecule has 0 radical (unpaired) electrons. The first-order valence-corrected chi connectivity index (χ1v) is 6.76. The van der Waals surface area contributed by atoms with E-state index in [4.69, 9.17) is 0 Å². The molecule has 0 spiro atoms. The van der Waals surface area contributed by atoms with Gasteiger partial charge in [-0.15, -0.1) is 0 Å². The first-order valence-electron chi connectivity index (χ1n) is 5.97. The summed E-state index contributed by atoms with van der Waals surface area (Å²) in [6, 6.07) is 8.56. The second-order valence-corrected chi connectivity index (χ2v) is 5.05. The minimum absolute atomic E-state index is 0.167. The SMILES string of the molecule is FC(F)Oc1ccc(CNCc2cncc(Br)c2)cc1. The lowest BCUT2D eigenvalue weighted by Gasteiger charge is -2.07. The van der Waals surface area contributed by atoms with Crippen LogP contribution in [0.3, 0.4) is 0 Å². The molecule has 1 N–H and O–H groups in total. The smallest absolute Gasteiger partial charge is 0.387 e. The van der Waals surface area contributed by atoms with Crippen LogP contribution in [0.5, 0.6) is 5.75 Å². The third kappa shape index (κ3) is 4.86. The zero-order chi connectivity index (χ0) is 14.4. The zero-order valence-corrected chi connectivity index (χ0v) is 12.1. The van der Waals surface area contributed by atoms with E-state index in [0.717, 1.165) is 15.6 Å². The predicted octanol–water partition coefficient (Wildman–Crippen LogP) is 3.74. The van der Waals surface area contributed by atoms with Gasteiger partial charge in [0, 0.05) is 30.0 Å². The van der Waals surface area contributed by atoms with Crippen molar-refractivity contribution in [2.24, 2.45) is 0 Å². The van der Waals surface area contributed by atoms with Crippen LogP contribution in [0.2, 0.25) is 0 Å². The molecular weight excluding hydrogens is 330 g/mol. The third-order valence-electron chi connectivity index (χ3n) is 2.57.